The molecule has 4 heterocycles. The van der Waals surface area contributed by atoms with Crippen LogP contribution in [0.3, 0.4) is 0 Å². The zero-order chi connectivity index (χ0) is 21.5. The number of rotatable bonds is 6. The van der Waals surface area contributed by atoms with Gasteiger partial charge in [0.15, 0.2) is 11.7 Å². The summed E-state index contributed by atoms with van der Waals surface area (Å²) in [5, 5.41) is 21.7. The van der Waals surface area contributed by atoms with E-state index in [1.165, 1.54) is 22.6 Å². The van der Waals surface area contributed by atoms with Crippen molar-refractivity contribution in [2.75, 3.05) is 43.1 Å². The summed E-state index contributed by atoms with van der Waals surface area (Å²) in [5.41, 5.74) is 2.53. The van der Waals surface area contributed by atoms with Crippen LogP contribution in [0.25, 0.3) is 10.7 Å². The molecule has 5 rings (SSSR count). The maximum atomic E-state index is 10.8. The fourth-order valence-corrected chi connectivity index (χ4v) is 5.31. The topological polar surface area (TPSA) is 110 Å². The Labute approximate surface area is 183 Å². The van der Waals surface area contributed by atoms with Crippen LogP contribution >= 0.6 is 11.3 Å². The summed E-state index contributed by atoms with van der Waals surface area (Å²) < 4.78 is 5.41. The molecule has 0 spiro atoms. The van der Waals surface area contributed by atoms with Crippen LogP contribution in [-0.2, 0) is 11.3 Å². The van der Waals surface area contributed by atoms with Crippen molar-refractivity contribution in [3.8, 4) is 16.5 Å². The molecule has 2 aliphatic heterocycles. The van der Waals surface area contributed by atoms with E-state index >= 15 is 0 Å². The fourth-order valence-electron chi connectivity index (χ4n) is 4.45. The van der Waals surface area contributed by atoms with E-state index in [4.69, 9.17) is 9.84 Å². The van der Waals surface area contributed by atoms with Gasteiger partial charge in [-0.15, -0.1) is 10.2 Å². The number of methoxy groups -OCH3 is 1. The van der Waals surface area contributed by atoms with Gasteiger partial charge in [-0.3, -0.25) is 4.79 Å². The third-order valence-electron chi connectivity index (χ3n) is 5.96. The van der Waals surface area contributed by atoms with Crippen molar-refractivity contribution in [3.05, 3.63) is 30.0 Å². The number of thiazole rings is 1. The summed E-state index contributed by atoms with van der Waals surface area (Å²) in [5.74, 6) is 1.48. The number of benzene rings is 1. The quantitative estimate of drug-likeness (QED) is 0.612. The number of aromatic nitrogens is 5. The number of tetrazole rings is 1. The molecule has 2 fully saturated rings. The van der Waals surface area contributed by atoms with Crippen LogP contribution in [-0.4, -0.2) is 69.6 Å². The highest BCUT2D eigenvalue weighted by Gasteiger charge is 2.41. The number of aliphatic carboxylic acids is 1. The van der Waals surface area contributed by atoms with Crippen molar-refractivity contribution >= 4 is 28.1 Å². The molecule has 2 aromatic heterocycles. The molecule has 0 saturated carbocycles. The van der Waals surface area contributed by atoms with Crippen molar-refractivity contribution < 1.29 is 14.6 Å². The summed E-state index contributed by atoms with van der Waals surface area (Å²) >= 11 is 1.52. The van der Waals surface area contributed by atoms with E-state index in [1.54, 1.807) is 13.3 Å². The van der Waals surface area contributed by atoms with Crippen molar-refractivity contribution in [3.63, 3.8) is 0 Å². The minimum absolute atomic E-state index is 0.308. The van der Waals surface area contributed by atoms with Crippen molar-refractivity contribution in [1.82, 2.24) is 25.2 Å². The molecule has 0 bridgehead atoms. The molecule has 2 saturated heterocycles. The molecule has 2 atom stereocenters. The van der Waals surface area contributed by atoms with Gasteiger partial charge >= 0.3 is 5.97 Å². The van der Waals surface area contributed by atoms with Crippen LogP contribution in [0.2, 0.25) is 0 Å². The Morgan fingerprint density at radius 2 is 1.97 bits per heavy atom. The van der Waals surface area contributed by atoms with Gasteiger partial charge in [0, 0.05) is 49.8 Å². The van der Waals surface area contributed by atoms with Gasteiger partial charge in [0.1, 0.15) is 5.75 Å². The lowest BCUT2D eigenvalue weighted by molar-refractivity contribution is -0.138. The average Bonchev–Trinajstić information content (AvgIpc) is 3.50. The Balaban J connectivity index is 1.25. The molecule has 11 heteroatoms. The van der Waals surface area contributed by atoms with Gasteiger partial charge in [0.05, 0.1) is 18.2 Å². The number of nitrogens with zero attached hydrogens (tertiary/aromatic N) is 7. The van der Waals surface area contributed by atoms with E-state index in [9.17, 15) is 4.79 Å². The first-order chi connectivity index (χ1) is 15.0. The zero-order valence-electron chi connectivity index (χ0n) is 17.3. The fraction of sp³-hybridized carbons (Fsp3) is 0.450. The van der Waals surface area contributed by atoms with Crippen LogP contribution in [0.4, 0.5) is 10.8 Å². The highest BCUT2D eigenvalue weighted by Crippen LogP contribution is 2.39. The SMILES string of the molecule is COc1ccc(C)c(N2CC3CN(c4ncc(-c5nnn(CC(=O)O)n5)s4)CC3C2)c1. The summed E-state index contributed by atoms with van der Waals surface area (Å²) in [6.45, 7) is 5.83. The van der Waals surface area contributed by atoms with Crippen LogP contribution in [0.15, 0.2) is 24.4 Å². The smallest absolute Gasteiger partial charge is 0.327 e. The van der Waals surface area contributed by atoms with Gasteiger partial charge in [0.25, 0.3) is 0 Å². The predicted molar refractivity (Wildman–Crippen MR) is 116 cm³/mol. The first-order valence-corrected chi connectivity index (χ1v) is 10.9. The number of hydrogen-bond acceptors (Lipinski definition) is 9. The summed E-state index contributed by atoms with van der Waals surface area (Å²) in [4.78, 5) is 22.0. The number of aryl methyl sites for hydroxylation is 1. The van der Waals surface area contributed by atoms with Crippen molar-refractivity contribution in [1.29, 1.82) is 0 Å². The van der Waals surface area contributed by atoms with Crippen LogP contribution in [0.1, 0.15) is 5.56 Å². The molecular formula is C20H23N7O3S. The number of anilines is 2. The number of carboxylic acids is 1. The molecule has 0 aliphatic carbocycles. The number of fused-ring (bicyclic) bond motifs is 1. The monoisotopic (exact) mass is 441 g/mol. The Morgan fingerprint density at radius 1 is 1.23 bits per heavy atom. The van der Waals surface area contributed by atoms with Gasteiger partial charge in [0.2, 0.25) is 5.82 Å². The van der Waals surface area contributed by atoms with E-state index in [0.29, 0.717) is 17.7 Å². The average molecular weight is 442 g/mol. The number of carboxylic acid groups (broad SMARTS) is 1. The highest BCUT2D eigenvalue weighted by atomic mass is 32.1. The Morgan fingerprint density at radius 3 is 2.68 bits per heavy atom. The van der Waals surface area contributed by atoms with E-state index in [-0.39, 0.29) is 6.54 Å². The summed E-state index contributed by atoms with van der Waals surface area (Å²) in [6.07, 6.45) is 1.74. The number of ether oxygens (including phenoxy) is 1. The first-order valence-electron chi connectivity index (χ1n) is 10.1. The first kappa shape index (κ1) is 19.7. The highest BCUT2D eigenvalue weighted by molar-refractivity contribution is 7.18. The second kappa shape index (κ2) is 7.80. The minimum atomic E-state index is -1.00. The van der Waals surface area contributed by atoms with E-state index in [1.807, 2.05) is 6.07 Å². The van der Waals surface area contributed by atoms with Gasteiger partial charge in [-0.1, -0.05) is 17.4 Å². The van der Waals surface area contributed by atoms with E-state index in [0.717, 1.165) is 46.7 Å². The second-order valence-corrected chi connectivity index (χ2v) is 9.04. The lowest BCUT2D eigenvalue weighted by atomic mass is 10.0. The Hall–Kier alpha value is -3.21. The van der Waals surface area contributed by atoms with Crippen molar-refractivity contribution in [2.24, 2.45) is 11.8 Å². The van der Waals surface area contributed by atoms with Gasteiger partial charge in [-0.25, -0.2) is 4.98 Å². The van der Waals surface area contributed by atoms with E-state index < -0.39 is 5.97 Å². The second-order valence-electron chi connectivity index (χ2n) is 8.03. The van der Waals surface area contributed by atoms with Gasteiger partial charge < -0.3 is 19.6 Å². The van der Waals surface area contributed by atoms with Crippen LogP contribution in [0.5, 0.6) is 5.75 Å². The number of carbonyl (C=O) groups is 1. The zero-order valence-corrected chi connectivity index (χ0v) is 18.1. The molecule has 0 amide bonds. The Bertz CT molecular complexity index is 1100. The molecule has 1 N–H and O–H groups in total. The third-order valence-corrected chi connectivity index (χ3v) is 7.01. The lowest BCUT2D eigenvalue weighted by Gasteiger charge is -2.24. The molecule has 31 heavy (non-hydrogen) atoms. The minimum Gasteiger partial charge on any atom is -0.497 e. The molecule has 0 radical (unpaired) electrons. The lowest BCUT2D eigenvalue weighted by Crippen LogP contribution is -2.29. The summed E-state index contributed by atoms with van der Waals surface area (Å²) in [6, 6.07) is 6.25. The molecular weight excluding hydrogens is 418 g/mol. The summed E-state index contributed by atoms with van der Waals surface area (Å²) in [7, 11) is 1.70. The molecule has 2 aliphatic rings. The molecule has 2 unspecified atom stereocenters. The normalized spacial score (nSPS) is 20.3. The van der Waals surface area contributed by atoms with Gasteiger partial charge in [-0.05, 0) is 23.8 Å². The molecule has 162 valence electrons. The van der Waals surface area contributed by atoms with E-state index in [2.05, 4.69) is 49.3 Å². The number of hydrogen-bond donors (Lipinski definition) is 1. The molecule has 3 aromatic rings. The predicted octanol–water partition coefficient (Wildman–Crippen LogP) is 1.77. The van der Waals surface area contributed by atoms with Crippen LogP contribution < -0.4 is 14.5 Å². The maximum absolute atomic E-state index is 10.8. The van der Waals surface area contributed by atoms with Gasteiger partial charge in [-0.2, -0.15) is 4.80 Å². The third kappa shape index (κ3) is 3.80. The largest absolute Gasteiger partial charge is 0.497 e. The standard InChI is InChI=1S/C20H23N7O3S/c1-12-3-4-15(30-2)5-16(12)25-7-13-9-26(10-14(13)8-25)20-21-6-17(31-20)19-22-24-27(23-19)11-18(28)29/h3-6,13-14H,7-11H2,1-2H3,(H,28,29). The molecule has 1 aromatic carbocycles. The molecule has 10 nitrogen and oxygen atoms in total. The Kier molecular flexibility index (Phi) is 4.97. The van der Waals surface area contributed by atoms with Crippen LogP contribution in [0, 0.1) is 18.8 Å². The maximum Gasteiger partial charge on any atom is 0.327 e. The van der Waals surface area contributed by atoms with Crippen molar-refractivity contribution in [2.45, 2.75) is 13.5 Å².